The maximum absolute atomic E-state index is 14.1. The number of imidazole rings is 1. The number of aliphatic imine (C=N–C) groups is 1. The Morgan fingerprint density at radius 2 is 1.80 bits per heavy atom. The maximum atomic E-state index is 14.1. The fourth-order valence-electron chi connectivity index (χ4n) is 5.57. The molecule has 0 radical (unpaired) electrons. The summed E-state index contributed by atoms with van der Waals surface area (Å²) < 4.78 is 16.2. The van der Waals surface area contributed by atoms with E-state index in [4.69, 9.17) is 15.0 Å². The Labute approximate surface area is 234 Å². The number of aryl methyl sites for hydroxylation is 1. The Kier molecular flexibility index (Phi) is 6.70. The first kappa shape index (κ1) is 25.9. The predicted molar refractivity (Wildman–Crippen MR) is 156 cm³/mol. The van der Waals surface area contributed by atoms with Crippen LogP contribution in [0.1, 0.15) is 49.3 Å². The smallest absolute Gasteiger partial charge is 0.283 e. The average molecular weight is 537 g/mol. The minimum atomic E-state index is -0.253. The molecule has 2 aromatic carbocycles. The fourth-order valence-corrected chi connectivity index (χ4v) is 5.57. The number of carbonyl (C=O) groups excluding carboxylic acids is 1. The van der Waals surface area contributed by atoms with Gasteiger partial charge in [-0.25, -0.2) is 14.4 Å². The first-order valence-electron chi connectivity index (χ1n) is 14.0. The summed E-state index contributed by atoms with van der Waals surface area (Å²) in [6.45, 7) is 9.91. The van der Waals surface area contributed by atoms with Gasteiger partial charge in [-0.15, -0.1) is 0 Å². The molecular formula is C32H33FN6O. The molecule has 7 nitrogen and oxygen atoms in total. The van der Waals surface area contributed by atoms with E-state index in [1.807, 2.05) is 68.6 Å². The van der Waals surface area contributed by atoms with Crippen LogP contribution in [0.2, 0.25) is 0 Å². The third-order valence-electron chi connectivity index (χ3n) is 7.83. The van der Waals surface area contributed by atoms with Crippen molar-refractivity contribution in [1.29, 1.82) is 0 Å². The van der Waals surface area contributed by atoms with Crippen LogP contribution in [-0.2, 0) is 13.0 Å². The highest BCUT2D eigenvalue weighted by Crippen LogP contribution is 2.38. The van der Waals surface area contributed by atoms with Gasteiger partial charge in [0.25, 0.3) is 5.91 Å². The number of pyridine rings is 1. The molecule has 2 aliphatic heterocycles. The number of amides is 1. The van der Waals surface area contributed by atoms with Gasteiger partial charge >= 0.3 is 0 Å². The second-order valence-corrected chi connectivity index (χ2v) is 10.7. The van der Waals surface area contributed by atoms with E-state index in [1.165, 1.54) is 6.07 Å². The second kappa shape index (κ2) is 10.3. The molecule has 0 fully saturated rings. The average Bonchev–Trinajstić information content (AvgIpc) is 3.57. The number of carbonyl (C=O) groups is 1. The Morgan fingerprint density at radius 3 is 2.48 bits per heavy atom. The number of nitrogens with zero attached hydrogens (tertiary/aromatic N) is 6. The van der Waals surface area contributed by atoms with Crippen molar-refractivity contribution in [2.45, 2.75) is 46.7 Å². The number of hydrogen-bond donors (Lipinski definition) is 0. The van der Waals surface area contributed by atoms with Gasteiger partial charge in [0.15, 0.2) is 5.69 Å². The molecule has 1 amide bonds. The van der Waals surface area contributed by atoms with Crippen LogP contribution >= 0.6 is 0 Å². The molecule has 0 aliphatic carbocycles. The Hall–Kier alpha value is -4.33. The monoisotopic (exact) mass is 536 g/mol. The van der Waals surface area contributed by atoms with E-state index in [2.05, 4.69) is 23.3 Å². The number of guanidine groups is 1. The molecule has 0 unspecified atom stereocenters. The number of halogens is 1. The van der Waals surface area contributed by atoms with Gasteiger partial charge in [0, 0.05) is 23.9 Å². The molecule has 0 saturated carbocycles. The molecule has 4 aromatic rings. The minimum absolute atomic E-state index is 0.0680. The highest BCUT2D eigenvalue weighted by Gasteiger charge is 2.44. The lowest BCUT2D eigenvalue weighted by Gasteiger charge is -2.34. The molecule has 0 bridgehead atoms. The standard InChI is InChI=1S/C32H33FN6O/c1-5-21-16-25(33)14-12-24(21)18-38-29(23-13-15-26(34-17-23)22-10-8-7-9-11-22)36-28-30(38)39-19-27(20(3)4)35-32(39)37(6-2)31(28)40/h7-17,20,27H,5-6,18-19H2,1-4H3/t27-/m0/s1. The van der Waals surface area contributed by atoms with Gasteiger partial charge in [0.05, 0.1) is 24.8 Å². The zero-order chi connectivity index (χ0) is 28.0. The maximum Gasteiger partial charge on any atom is 0.283 e. The Bertz CT molecular complexity index is 1590. The zero-order valence-corrected chi connectivity index (χ0v) is 23.3. The van der Waals surface area contributed by atoms with Crippen molar-refractivity contribution in [3.05, 3.63) is 89.5 Å². The summed E-state index contributed by atoms with van der Waals surface area (Å²) in [5, 5.41) is 0. The minimum Gasteiger partial charge on any atom is -0.305 e. The first-order valence-corrected chi connectivity index (χ1v) is 14.0. The molecule has 2 aliphatic rings. The van der Waals surface area contributed by atoms with Gasteiger partial charge in [-0.05, 0) is 54.7 Å². The number of fused-ring (bicyclic) bond motifs is 3. The molecule has 2 aromatic heterocycles. The van der Waals surface area contributed by atoms with Crippen molar-refractivity contribution in [2.24, 2.45) is 10.9 Å². The van der Waals surface area contributed by atoms with E-state index in [1.54, 1.807) is 11.0 Å². The van der Waals surface area contributed by atoms with E-state index < -0.39 is 0 Å². The SMILES string of the molecule is CCc1cc(F)ccc1Cn1c(-c2ccc(-c3ccccc3)nc2)nc2c1N1C[C@@H](C(C)C)N=C1N(CC)C2=O. The lowest BCUT2D eigenvalue weighted by Crippen LogP contribution is -2.50. The fraction of sp³-hybridized carbons (Fsp3) is 0.312. The molecule has 0 N–H and O–H groups in total. The van der Waals surface area contributed by atoms with E-state index >= 15 is 0 Å². The third kappa shape index (κ3) is 4.37. The topological polar surface area (TPSA) is 66.6 Å². The lowest BCUT2D eigenvalue weighted by atomic mass is 10.0. The molecule has 6 rings (SSSR count). The molecule has 1 atom stereocenters. The normalized spacial score (nSPS) is 16.4. The molecule has 40 heavy (non-hydrogen) atoms. The summed E-state index contributed by atoms with van der Waals surface area (Å²) in [5.41, 5.74) is 5.03. The molecule has 204 valence electrons. The van der Waals surface area contributed by atoms with Gasteiger partial charge in [-0.1, -0.05) is 57.2 Å². The third-order valence-corrected chi connectivity index (χ3v) is 7.83. The van der Waals surface area contributed by atoms with Gasteiger partial charge in [0.1, 0.15) is 17.5 Å². The summed E-state index contributed by atoms with van der Waals surface area (Å²) in [5.74, 6) is 1.99. The van der Waals surface area contributed by atoms with Crippen LogP contribution in [0, 0.1) is 11.7 Å². The van der Waals surface area contributed by atoms with Gasteiger partial charge in [-0.2, -0.15) is 0 Å². The number of hydrogen-bond acceptors (Lipinski definition) is 5. The lowest BCUT2D eigenvalue weighted by molar-refractivity contribution is 0.0841. The number of aromatic nitrogens is 3. The summed E-state index contributed by atoms with van der Waals surface area (Å²) in [4.78, 5) is 32.3. The van der Waals surface area contributed by atoms with Crippen LogP contribution in [0.25, 0.3) is 22.6 Å². The van der Waals surface area contributed by atoms with Gasteiger partial charge in [-0.3, -0.25) is 19.6 Å². The van der Waals surface area contributed by atoms with Crippen molar-refractivity contribution in [3.8, 4) is 22.6 Å². The summed E-state index contributed by atoms with van der Waals surface area (Å²) in [7, 11) is 0. The highest BCUT2D eigenvalue weighted by molar-refractivity contribution is 6.18. The molecule has 0 saturated heterocycles. The van der Waals surface area contributed by atoms with Gasteiger partial charge < -0.3 is 4.57 Å². The summed E-state index contributed by atoms with van der Waals surface area (Å²) in [6.07, 6.45) is 2.51. The van der Waals surface area contributed by atoms with Crippen LogP contribution in [0.5, 0.6) is 0 Å². The van der Waals surface area contributed by atoms with Crippen molar-refractivity contribution in [2.75, 3.05) is 18.0 Å². The van der Waals surface area contributed by atoms with Crippen molar-refractivity contribution in [1.82, 2.24) is 19.4 Å². The van der Waals surface area contributed by atoms with Gasteiger partial charge in [0.2, 0.25) is 5.96 Å². The number of rotatable bonds is 7. The molecule has 4 heterocycles. The second-order valence-electron chi connectivity index (χ2n) is 10.7. The first-order chi connectivity index (χ1) is 19.4. The van der Waals surface area contributed by atoms with Crippen LogP contribution in [0.3, 0.4) is 0 Å². The van der Waals surface area contributed by atoms with Crippen LogP contribution < -0.4 is 4.90 Å². The largest absolute Gasteiger partial charge is 0.305 e. The van der Waals surface area contributed by atoms with Crippen LogP contribution in [-0.4, -0.2) is 50.4 Å². The van der Waals surface area contributed by atoms with E-state index in [-0.39, 0.29) is 17.8 Å². The molecule has 8 heteroatoms. The predicted octanol–water partition coefficient (Wildman–Crippen LogP) is 6.04. The quantitative estimate of drug-likeness (QED) is 0.289. The van der Waals surface area contributed by atoms with Crippen LogP contribution in [0.4, 0.5) is 10.2 Å². The van der Waals surface area contributed by atoms with E-state index in [0.717, 1.165) is 33.8 Å². The summed E-state index contributed by atoms with van der Waals surface area (Å²) in [6, 6.07) is 19.0. The Balaban J connectivity index is 1.52. The van der Waals surface area contributed by atoms with Crippen LogP contribution in [0.15, 0.2) is 71.9 Å². The number of anilines is 1. The van der Waals surface area contributed by atoms with Crippen molar-refractivity contribution >= 4 is 17.7 Å². The summed E-state index contributed by atoms with van der Waals surface area (Å²) >= 11 is 0. The molecule has 0 spiro atoms. The van der Waals surface area contributed by atoms with E-state index in [0.29, 0.717) is 49.5 Å². The molecular weight excluding hydrogens is 503 g/mol. The van der Waals surface area contributed by atoms with E-state index in [9.17, 15) is 9.18 Å². The highest BCUT2D eigenvalue weighted by atomic mass is 19.1. The zero-order valence-electron chi connectivity index (χ0n) is 23.3. The Morgan fingerprint density at radius 1 is 1.00 bits per heavy atom. The number of benzene rings is 2. The van der Waals surface area contributed by atoms with Crippen molar-refractivity contribution < 1.29 is 9.18 Å². The van der Waals surface area contributed by atoms with Crippen molar-refractivity contribution in [3.63, 3.8) is 0 Å².